The average Bonchev–Trinajstić information content (AvgIpc) is 2.50. The van der Waals surface area contributed by atoms with Gasteiger partial charge in [-0.05, 0) is 70.9 Å². The minimum Gasteiger partial charge on any atom is -0.444 e. The number of carbonyl (C=O) groups is 1. The molecule has 0 aromatic carbocycles. The molecule has 24 heavy (non-hydrogen) atoms. The first-order valence-corrected chi connectivity index (χ1v) is 9.58. The maximum absolute atomic E-state index is 12.2. The number of aliphatic hydroxyl groups excluding tert-OH is 1. The van der Waals surface area contributed by atoms with Crippen molar-refractivity contribution in [1.82, 2.24) is 10.2 Å². The number of aliphatic hydroxyl groups is 1. The minimum absolute atomic E-state index is 0.213. The van der Waals surface area contributed by atoms with E-state index in [9.17, 15) is 9.90 Å². The molecule has 0 radical (unpaired) electrons. The van der Waals surface area contributed by atoms with Gasteiger partial charge in [0, 0.05) is 19.7 Å². The van der Waals surface area contributed by atoms with Crippen LogP contribution in [0.4, 0.5) is 4.79 Å². The van der Waals surface area contributed by atoms with E-state index in [-0.39, 0.29) is 12.7 Å². The summed E-state index contributed by atoms with van der Waals surface area (Å²) in [4.78, 5) is 14.0. The van der Waals surface area contributed by atoms with Gasteiger partial charge in [-0.3, -0.25) is 0 Å². The summed E-state index contributed by atoms with van der Waals surface area (Å²) in [6.45, 7) is 13.8. The fraction of sp³-hybridized carbons (Fsp3) is 0.947. The number of ether oxygens (including phenoxy) is 1. The van der Waals surface area contributed by atoms with Crippen LogP contribution in [0.3, 0.4) is 0 Å². The third-order valence-electron chi connectivity index (χ3n) is 4.86. The van der Waals surface area contributed by atoms with Crippen molar-refractivity contribution in [2.45, 2.75) is 65.9 Å². The second kappa shape index (κ2) is 10.2. The van der Waals surface area contributed by atoms with Crippen LogP contribution in [0.1, 0.15) is 60.3 Å². The number of unbranched alkanes of at least 4 members (excludes halogenated alkanes) is 1. The van der Waals surface area contributed by atoms with Gasteiger partial charge in [-0.25, -0.2) is 4.79 Å². The highest BCUT2D eigenvalue weighted by atomic mass is 16.6. The van der Waals surface area contributed by atoms with E-state index in [1.165, 1.54) is 12.8 Å². The molecule has 1 rings (SSSR count). The van der Waals surface area contributed by atoms with Gasteiger partial charge >= 0.3 is 6.09 Å². The third kappa shape index (κ3) is 7.39. The van der Waals surface area contributed by atoms with Gasteiger partial charge in [0.2, 0.25) is 0 Å². The molecule has 1 fully saturated rings. The molecular formula is C19H38N2O3. The second-order valence-corrected chi connectivity index (χ2v) is 8.19. The van der Waals surface area contributed by atoms with Crippen molar-refractivity contribution < 1.29 is 14.6 Å². The molecule has 1 aliphatic rings. The molecule has 3 atom stereocenters. The predicted octanol–water partition coefficient (Wildman–Crippen LogP) is 3.27. The van der Waals surface area contributed by atoms with Crippen molar-refractivity contribution in [3.8, 4) is 0 Å². The van der Waals surface area contributed by atoms with E-state index >= 15 is 0 Å². The normalized spacial score (nSPS) is 23.2. The lowest BCUT2D eigenvalue weighted by molar-refractivity contribution is 0.00272. The first kappa shape index (κ1) is 21.2. The number of likely N-dealkylation sites (tertiary alicyclic amines) is 1. The topological polar surface area (TPSA) is 61.8 Å². The van der Waals surface area contributed by atoms with E-state index in [1.54, 1.807) is 0 Å². The number of piperidine rings is 1. The standard InChI is InChI=1S/C19H38N2O3/c1-6-7-10-20-11-8-16(14-22)17-9-12-21(13-15(17)2)18(23)24-19(3,4)5/h15-17,20,22H,6-14H2,1-5H3. The zero-order valence-corrected chi connectivity index (χ0v) is 16.3. The Labute approximate surface area is 148 Å². The Hall–Kier alpha value is -0.810. The predicted molar refractivity (Wildman–Crippen MR) is 98.0 cm³/mol. The van der Waals surface area contributed by atoms with Crippen molar-refractivity contribution in [3.05, 3.63) is 0 Å². The molecule has 1 heterocycles. The lowest BCUT2D eigenvalue weighted by Crippen LogP contribution is -2.47. The fourth-order valence-corrected chi connectivity index (χ4v) is 3.51. The van der Waals surface area contributed by atoms with Crippen LogP contribution in [0.5, 0.6) is 0 Å². The van der Waals surface area contributed by atoms with E-state index < -0.39 is 5.60 Å². The van der Waals surface area contributed by atoms with Crippen LogP contribution in [-0.4, -0.2) is 54.5 Å². The molecule has 0 bridgehead atoms. The number of carbonyl (C=O) groups excluding carboxylic acids is 1. The first-order chi connectivity index (χ1) is 11.3. The molecule has 0 saturated carbocycles. The van der Waals surface area contributed by atoms with Crippen molar-refractivity contribution in [2.24, 2.45) is 17.8 Å². The highest BCUT2D eigenvalue weighted by Crippen LogP contribution is 2.32. The zero-order chi connectivity index (χ0) is 18.2. The monoisotopic (exact) mass is 342 g/mol. The van der Waals surface area contributed by atoms with E-state index in [0.29, 0.717) is 17.8 Å². The van der Waals surface area contributed by atoms with Gasteiger partial charge in [0.25, 0.3) is 0 Å². The SMILES string of the molecule is CCCCNCCC(CO)C1CCN(C(=O)OC(C)(C)C)CC1C. The van der Waals surface area contributed by atoms with E-state index in [0.717, 1.165) is 39.0 Å². The first-order valence-electron chi connectivity index (χ1n) is 9.58. The van der Waals surface area contributed by atoms with Crippen LogP contribution in [0.15, 0.2) is 0 Å². The smallest absolute Gasteiger partial charge is 0.410 e. The van der Waals surface area contributed by atoms with E-state index in [1.807, 2.05) is 25.7 Å². The van der Waals surface area contributed by atoms with Gasteiger partial charge in [0.1, 0.15) is 5.60 Å². The lowest BCUT2D eigenvalue weighted by atomic mass is 9.76. The summed E-state index contributed by atoms with van der Waals surface area (Å²) in [5, 5.41) is 13.3. The van der Waals surface area contributed by atoms with Gasteiger partial charge in [0.15, 0.2) is 0 Å². The van der Waals surface area contributed by atoms with Gasteiger partial charge in [-0.15, -0.1) is 0 Å². The molecule has 0 aromatic rings. The van der Waals surface area contributed by atoms with Crippen LogP contribution in [0.2, 0.25) is 0 Å². The molecule has 142 valence electrons. The molecule has 1 amide bonds. The lowest BCUT2D eigenvalue weighted by Gasteiger charge is -2.40. The van der Waals surface area contributed by atoms with E-state index in [2.05, 4.69) is 19.2 Å². The number of rotatable bonds is 8. The Balaban J connectivity index is 2.44. The van der Waals surface area contributed by atoms with E-state index in [4.69, 9.17) is 4.74 Å². The maximum Gasteiger partial charge on any atom is 0.410 e. The van der Waals surface area contributed by atoms with Crippen LogP contribution < -0.4 is 5.32 Å². The molecule has 1 aliphatic heterocycles. The number of nitrogens with one attached hydrogen (secondary N) is 1. The Morgan fingerprint density at radius 2 is 2.08 bits per heavy atom. The summed E-state index contributed by atoms with van der Waals surface area (Å²) >= 11 is 0. The van der Waals surface area contributed by atoms with Gasteiger partial charge in [-0.1, -0.05) is 20.3 Å². The summed E-state index contributed by atoms with van der Waals surface area (Å²) in [5.74, 6) is 1.18. The largest absolute Gasteiger partial charge is 0.444 e. The van der Waals surface area contributed by atoms with Gasteiger partial charge in [-0.2, -0.15) is 0 Å². The summed E-state index contributed by atoms with van der Waals surface area (Å²) in [6.07, 6.45) is 4.14. The average molecular weight is 343 g/mol. The van der Waals surface area contributed by atoms with Gasteiger partial charge in [0.05, 0.1) is 0 Å². The zero-order valence-electron chi connectivity index (χ0n) is 16.3. The summed E-state index contributed by atoms with van der Waals surface area (Å²) in [5.41, 5.74) is -0.449. The molecule has 0 aliphatic carbocycles. The summed E-state index contributed by atoms with van der Waals surface area (Å²) in [6, 6.07) is 0. The molecule has 1 saturated heterocycles. The third-order valence-corrected chi connectivity index (χ3v) is 4.86. The number of amides is 1. The number of hydrogen-bond acceptors (Lipinski definition) is 4. The molecule has 5 nitrogen and oxygen atoms in total. The number of nitrogens with zero attached hydrogens (tertiary/aromatic N) is 1. The molecule has 2 N–H and O–H groups in total. The van der Waals surface area contributed by atoms with Crippen molar-refractivity contribution >= 4 is 6.09 Å². The van der Waals surface area contributed by atoms with Crippen molar-refractivity contribution in [2.75, 3.05) is 32.8 Å². The Morgan fingerprint density at radius 1 is 1.38 bits per heavy atom. The van der Waals surface area contributed by atoms with Crippen LogP contribution in [0, 0.1) is 17.8 Å². The fourth-order valence-electron chi connectivity index (χ4n) is 3.51. The Morgan fingerprint density at radius 3 is 2.62 bits per heavy atom. The van der Waals surface area contributed by atoms with Crippen LogP contribution in [0.25, 0.3) is 0 Å². The maximum atomic E-state index is 12.2. The van der Waals surface area contributed by atoms with Crippen molar-refractivity contribution in [1.29, 1.82) is 0 Å². The number of hydrogen-bond donors (Lipinski definition) is 2. The highest BCUT2D eigenvalue weighted by molar-refractivity contribution is 5.68. The van der Waals surface area contributed by atoms with Crippen LogP contribution in [-0.2, 0) is 4.74 Å². The Kier molecular flexibility index (Phi) is 9.06. The highest BCUT2D eigenvalue weighted by Gasteiger charge is 2.34. The molecular weight excluding hydrogens is 304 g/mol. The van der Waals surface area contributed by atoms with Crippen LogP contribution >= 0.6 is 0 Å². The van der Waals surface area contributed by atoms with Crippen molar-refractivity contribution in [3.63, 3.8) is 0 Å². The Bertz CT molecular complexity index is 368. The second-order valence-electron chi connectivity index (χ2n) is 8.19. The minimum atomic E-state index is -0.449. The summed E-state index contributed by atoms with van der Waals surface area (Å²) < 4.78 is 5.48. The molecule has 0 aromatic heterocycles. The molecule has 0 spiro atoms. The molecule has 5 heteroatoms. The quantitative estimate of drug-likeness (QED) is 0.665. The van der Waals surface area contributed by atoms with Gasteiger partial charge < -0.3 is 20.1 Å². The summed E-state index contributed by atoms with van der Waals surface area (Å²) in [7, 11) is 0. The molecule has 3 unspecified atom stereocenters.